The maximum absolute atomic E-state index is 12.8. The maximum Gasteiger partial charge on any atom is 0.513 e. The van der Waals surface area contributed by atoms with Crippen molar-refractivity contribution in [3.63, 3.8) is 0 Å². The number of amides is 4. The number of methoxy groups -OCH3 is 1. The molecule has 0 fully saturated rings. The summed E-state index contributed by atoms with van der Waals surface area (Å²) in [7, 11) is 1.55. The van der Waals surface area contributed by atoms with Gasteiger partial charge in [0.1, 0.15) is 5.75 Å². The number of carbonyl (C=O) groups excluding carboxylic acids is 5. The van der Waals surface area contributed by atoms with Crippen LogP contribution < -0.4 is 15.4 Å². The summed E-state index contributed by atoms with van der Waals surface area (Å²) in [5.41, 5.74) is 2.43. The average molecular weight is 560 g/mol. The molecule has 4 rings (SSSR count). The van der Waals surface area contributed by atoms with Crippen LogP contribution in [-0.2, 0) is 16.0 Å². The summed E-state index contributed by atoms with van der Waals surface area (Å²) in [6.07, 6.45) is -0.292. The number of carbonyl (C=O) groups is 5. The molecule has 0 aromatic heterocycles. The molecule has 0 unspecified atom stereocenters. The molecule has 41 heavy (non-hydrogen) atoms. The van der Waals surface area contributed by atoms with Gasteiger partial charge in [0.15, 0.2) is 0 Å². The zero-order chi connectivity index (χ0) is 29.4. The van der Waals surface area contributed by atoms with Crippen molar-refractivity contribution >= 4 is 35.5 Å². The molecule has 0 bridgehead atoms. The number of rotatable bonds is 11. The predicted molar refractivity (Wildman–Crippen MR) is 148 cm³/mol. The Labute approximate surface area is 236 Å². The van der Waals surface area contributed by atoms with Crippen molar-refractivity contribution in [1.82, 2.24) is 10.2 Å². The van der Waals surface area contributed by atoms with Crippen molar-refractivity contribution in [2.75, 3.05) is 32.2 Å². The van der Waals surface area contributed by atoms with Crippen molar-refractivity contribution < 1.29 is 38.2 Å². The smallest absolute Gasteiger partial charge is 0.434 e. The van der Waals surface area contributed by atoms with E-state index in [1.807, 2.05) is 0 Å². The zero-order valence-corrected chi connectivity index (χ0v) is 22.6. The monoisotopic (exact) mass is 559 g/mol. The molecule has 4 amide bonds. The Bertz CT molecular complexity index is 1450. The van der Waals surface area contributed by atoms with E-state index in [1.165, 1.54) is 47.4 Å². The molecule has 3 aromatic rings. The first-order valence-corrected chi connectivity index (χ1v) is 12.9. The lowest BCUT2D eigenvalue weighted by Gasteiger charge is -2.12. The first-order valence-electron chi connectivity index (χ1n) is 12.9. The van der Waals surface area contributed by atoms with Gasteiger partial charge in [-0.2, -0.15) is 0 Å². The third-order valence-electron chi connectivity index (χ3n) is 6.21. The first kappa shape index (κ1) is 29.0. The topological polar surface area (TPSA) is 140 Å². The Morgan fingerprint density at radius 3 is 2.20 bits per heavy atom. The van der Waals surface area contributed by atoms with Gasteiger partial charge in [0.05, 0.1) is 17.7 Å². The van der Waals surface area contributed by atoms with Crippen LogP contribution in [-0.4, -0.2) is 61.6 Å². The van der Waals surface area contributed by atoms with E-state index in [2.05, 4.69) is 10.6 Å². The number of hydrogen-bond donors (Lipinski definition) is 2. The van der Waals surface area contributed by atoms with Gasteiger partial charge in [-0.1, -0.05) is 12.1 Å². The largest absolute Gasteiger partial charge is 0.513 e. The predicted octanol–water partition coefficient (Wildman–Crippen LogP) is 4.04. The standard InChI is InChI=1S/C30H29N3O8/c1-3-40-30(38)41-23-12-7-20(8-13-23)26(34)31-18-19-5-10-22(11-6-19)32-27(35)21-9-14-24-25(17-21)29(37)33(28(24)36)15-4-16-39-2/h5-14,17H,3-4,15-16,18H2,1-2H3,(H,31,34)(H,32,35). The van der Waals surface area contributed by atoms with Crippen molar-refractivity contribution in [2.24, 2.45) is 0 Å². The van der Waals surface area contributed by atoms with E-state index in [0.717, 1.165) is 5.56 Å². The van der Waals surface area contributed by atoms with Crippen LogP contribution in [0.1, 0.15) is 60.3 Å². The summed E-state index contributed by atoms with van der Waals surface area (Å²) in [5, 5.41) is 5.58. The molecule has 3 aromatic carbocycles. The van der Waals surface area contributed by atoms with Crippen molar-refractivity contribution in [3.8, 4) is 5.75 Å². The Kier molecular flexibility index (Phi) is 9.43. The first-order chi connectivity index (χ1) is 19.8. The van der Waals surface area contributed by atoms with E-state index in [1.54, 1.807) is 38.3 Å². The molecule has 2 N–H and O–H groups in total. The molecular weight excluding hydrogens is 530 g/mol. The van der Waals surface area contributed by atoms with Gasteiger partial charge >= 0.3 is 6.16 Å². The highest BCUT2D eigenvalue weighted by Crippen LogP contribution is 2.25. The molecule has 0 aliphatic carbocycles. The van der Waals surface area contributed by atoms with Gasteiger partial charge in [-0.05, 0) is 73.5 Å². The fourth-order valence-corrected chi connectivity index (χ4v) is 4.11. The van der Waals surface area contributed by atoms with E-state index in [-0.39, 0.29) is 54.0 Å². The second kappa shape index (κ2) is 13.4. The van der Waals surface area contributed by atoms with E-state index in [9.17, 15) is 24.0 Å². The van der Waals surface area contributed by atoms with Crippen LogP contribution in [0.3, 0.4) is 0 Å². The Balaban J connectivity index is 1.30. The lowest BCUT2D eigenvalue weighted by atomic mass is 10.1. The second-order valence-corrected chi connectivity index (χ2v) is 9.01. The number of nitrogens with zero attached hydrogens (tertiary/aromatic N) is 1. The fourth-order valence-electron chi connectivity index (χ4n) is 4.11. The number of ether oxygens (including phenoxy) is 3. The summed E-state index contributed by atoms with van der Waals surface area (Å²) in [6.45, 7) is 2.78. The van der Waals surface area contributed by atoms with Gasteiger partial charge in [-0.3, -0.25) is 24.1 Å². The Morgan fingerprint density at radius 1 is 0.829 bits per heavy atom. The minimum absolute atomic E-state index is 0.196. The lowest BCUT2D eigenvalue weighted by molar-refractivity contribution is 0.0637. The molecular formula is C30H29N3O8. The van der Waals surface area contributed by atoms with Gasteiger partial charge in [0, 0.05) is 43.6 Å². The maximum atomic E-state index is 12.8. The minimum Gasteiger partial charge on any atom is -0.434 e. The fraction of sp³-hybridized carbons (Fsp3) is 0.233. The van der Waals surface area contributed by atoms with E-state index in [0.29, 0.717) is 24.3 Å². The SMILES string of the molecule is CCOC(=O)Oc1ccc(C(=O)NCc2ccc(NC(=O)c3ccc4c(c3)C(=O)N(CCCOC)C4=O)cc2)cc1. The van der Waals surface area contributed by atoms with Gasteiger partial charge in [-0.15, -0.1) is 0 Å². The highest BCUT2D eigenvalue weighted by atomic mass is 16.7. The summed E-state index contributed by atoms with van der Waals surface area (Å²) < 4.78 is 14.7. The van der Waals surface area contributed by atoms with Gasteiger partial charge in [0.2, 0.25) is 0 Å². The summed E-state index contributed by atoms with van der Waals surface area (Å²) in [5.74, 6) is -1.29. The third-order valence-corrected chi connectivity index (χ3v) is 6.21. The molecule has 0 saturated heterocycles. The number of nitrogens with one attached hydrogen (secondary N) is 2. The van der Waals surface area contributed by atoms with Crippen LogP contribution in [0.15, 0.2) is 66.7 Å². The summed E-state index contributed by atoms with van der Waals surface area (Å²) >= 11 is 0. The molecule has 0 atom stereocenters. The van der Waals surface area contributed by atoms with Crippen LogP contribution in [0.4, 0.5) is 10.5 Å². The van der Waals surface area contributed by atoms with Gasteiger partial charge < -0.3 is 24.8 Å². The molecule has 0 spiro atoms. The van der Waals surface area contributed by atoms with Gasteiger partial charge in [0.25, 0.3) is 23.6 Å². The second-order valence-electron chi connectivity index (χ2n) is 9.01. The molecule has 0 radical (unpaired) electrons. The van der Waals surface area contributed by atoms with Crippen molar-refractivity contribution in [2.45, 2.75) is 19.9 Å². The quantitative estimate of drug-likeness (QED) is 0.155. The average Bonchev–Trinajstić information content (AvgIpc) is 3.21. The molecule has 1 aliphatic rings. The number of anilines is 1. The van der Waals surface area contributed by atoms with Crippen molar-refractivity contribution in [1.29, 1.82) is 0 Å². The molecule has 0 saturated carbocycles. The molecule has 1 aliphatic heterocycles. The Hall–Kier alpha value is -5.03. The zero-order valence-electron chi connectivity index (χ0n) is 22.6. The van der Waals surface area contributed by atoms with Crippen molar-refractivity contribution in [3.05, 3.63) is 94.5 Å². The molecule has 11 nitrogen and oxygen atoms in total. The van der Waals surface area contributed by atoms with Crippen LogP contribution >= 0.6 is 0 Å². The van der Waals surface area contributed by atoms with Crippen LogP contribution in [0.25, 0.3) is 0 Å². The molecule has 11 heteroatoms. The van der Waals surface area contributed by atoms with Crippen LogP contribution in [0.2, 0.25) is 0 Å². The molecule has 1 heterocycles. The van der Waals surface area contributed by atoms with E-state index in [4.69, 9.17) is 14.2 Å². The normalized spacial score (nSPS) is 12.1. The minimum atomic E-state index is -0.816. The Morgan fingerprint density at radius 2 is 1.51 bits per heavy atom. The molecule has 212 valence electrons. The van der Waals surface area contributed by atoms with Gasteiger partial charge in [-0.25, -0.2) is 4.79 Å². The summed E-state index contributed by atoms with van der Waals surface area (Å²) in [4.78, 5) is 63.2. The lowest BCUT2D eigenvalue weighted by Crippen LogP contribution is -2.31. The number of hydrogen-bond acceptors (Lipinski definition) is 8. The van der Waals surface area contributed by atoms with E-state index < -0.39 is 18.0 Å². The third kappa shape index (κ3) is 7.14. The van der Waals surface area contributed by atoms with Crippen LogP contribution in [0.5, 0.6) is 5.75 Å². The van der Waals surface area contributed by atoms with Crippen LogP contribution in [0, 0.1) is 0 Å². The number of fused-ring (bicyclic) bond motifs is 1. The number of imide groups is 1. The van der Waals surface area contributed by atoms with E-state index >= 15 is 0 Å². The number of benzene rings is 3. The highest BCUT2D eigenvalue weighted by Gasteiger charge is 2.35. The summed E-state index contributed by atoms with van der Waals surface area (Å²) in [6, 6.07) is 17.4. The highest BCUT2D eigenvalue weighted by molar-refractivity contribution is 6.22.